The number of hydrogen-bond acceptors (Lipinski definition) is 2. The Morgan fingerprint density at radius 3 is 1.39 bits per heavy atom. The monoisotopic (exact) mass is 471 g/mol. The van der Waals surface area contributed by atoms with Gasteiger partial charge >= 0.3 is 10.1 Å². The maximum absolute atomic E-state index is 14.0. The SMILES string of the molecule is O=S(=O)([OH+]S(c1ccccc1)(c1ccccc1)c1ccccc1)c1cccc2ccccc12. The third-order valence-corrected chi connectivity index (χ3v) is 10.9. The molecule has 0 saturated heterocycles. The molecule has 0 spiro atoms. The molecule has 0 radical (unpaired) electrons. The van der Waals surface area contributed by atoms with E-state index in [0.29, 0.717) is 5.39 Å². The molecule has 0 heterocycles. The quantitative estimate of drug-likeness (QED) is 0.190. The van der Waals surface area contributed by atoms with Gasteiger partial charge in [0.2, 0.25) is 0 Å². The van der Waals surface area contributed by atoms with Gasteiger partial charge in [-0.25, -0.2) is 0 Å². The first-order valence-electron chi connectivity index (χ1n) is 10.6. The van der Waals surface area contributed by atoms with Crippen molar-refractivity contribution in [1.82, 2.24) is 0 Å². The molecule has 0 saturated carbocycles. The van der Waals surface area contributed by atoms with Crippen LogP contribution in [0.3, 0.4) is 0 Å². The molecule has 5 heteroatoms. The minimum atomic E-state index is -4.03. The van der Waals surface area contributed by atoms with E-state index in [1.54, 1.807) is 12.1 Å². The summed E-state index contributed by atoms with van der Waals surface area (Å²) >= 11 is 0. The van der Waals surface area contributed by atoms with Crippen LogP contribution in [0.25, 0.3) is 10.8 Å². The highest BCUT2D eigenvalue weighted by Crippen LogP contribution is 2.68. The Hall–Kier alpha value is -3.38. The first-order valence-corrected chi connectivity index (χ1v) is 13.6. The predicted octanol–water partition coefficient (Wildman–Crippen LogP) is 7.52. The van der Waals surface area contributed by atoms with Crippen molar-refractivity contribution in [3.8, 4) is 0 Å². The summed E-state index contributed by atoms with van der Waals surface area (Å²) < 4.78 is 32.9. The average Bonchev–Trinajstić information content (AvgIpc) is 2.88. The zero-order valence-electron chi connectivity index (χ0n) is 17.8. The Bertz CT molecular complexity index is 1380. The van der Waals surface area contributed by atoms with E-state index >= 15 is 0 Å². The highest BCUT2D eigenvalue weighted by Gasteiger charge is 2.43. The van der Waals surface area contributed by atoms with Crippen LogP contribution in [0.2, 0.25) is 0 Å². The lowest BCUT2D eigenvalue weighted by molar-refractivity contribution is 0.388. The number of fused-ring (bicyclic) bond motifs is 1. The van der Waals surface area contributed by atoms with Crippen LogP contribution in [0.1, 0.15) is 0 Å². The van der Waals surface area contributed by atoms with E-state index in [2.05, 4.69) is 0 Å². The van der Waals surface area contributed by atoms with Gasteiger partial charge in [0.05, 0.1) is 25.0 Å². The van der Waals surface area contributed by atoms with Crippen LogP contribution in [0, 0.1) is 0 Å². The summed E-state index contributed by atoms with van der Waals surface area (Å²) in [5, 5.41) is 1.54. The lowest BCUT2D eigenvalue weighted by atomic mass is 10.1. The van der Waals surface area contributed by atoms with E-state index in [-0.39, 0.29) is 4.90 Å². The van der Waals surface area contributed by atoms with Gasteiger partial charge in [-0.05, 0) is 47.9 Å². The molecule has 1 N–H and O–H groups in total. The molecule has 0 amide bonds. The second kappa shape index (κ2) is 8.87. The average molecular weight is 472 g/mol. The normalized spacial score (nSPS) is 12.5. The topological polar surface area (TPSA) is 46.9 Å². The summed E-state index contributed by atoms with van der Waals surface area (Å²) in [4.78, 5) is 2.82. The van der Waals surface area contributed by atoms with Crippen molar-refractivity contribution in [3.63, 3.8) is 0 Å². The van der Waals surface area contributed by atoms with Crippen molar-refractivity contribution >= 4 is 31.2 Å². The fourth-order valence-electron chi connectivity index (χ4n) is 4.00. The third-order valence-electron chi connectivity index (χ3n) is 5.49. The van der Waals surface area contributed by atoms with Crippen LogP contribution in [0.15, 0.2) is 153 Å². The zero-order valence-corrected chi connectivity index (χ0v) is 19.4. The molecule has 0 aliphatic heterocycles. The van der Waals surface area contributed by atoms with E-state index in [9.17, 15) is 8.42 Å². The highest BCUT2D eigenvalue weighted by atomic mass is 32.3. The van der Waals surface area contributed by atoms with Gasteiger partial charge in [-0.15, -0.1) is 8.42 Å². The Morgan fingerprint density at radius 2 is 0.879 bits per heavy atom. The first kappa shape index (κ1) is 21.5. The number of rotatable bonds is 6. The Kier molecular flexibility index (Phi) is 5.77. The number of hydrogen-bond donors (Lipinski definition) is 0. The maximum Gasteiger partial charge on any atom is 0.422 e. The smallest absolute Gasteiger partial charge is 0.258 e. The Morgan fingerprint density at radius 1 is 0.455 bits per heavy atom. The summed E-state index contributed by atoms with van der Waals surface area (Å²) in [5.41, 5.74) is 0. The molecule has 33 heavy (non-hydrogen) atoms. The van der Waals surface area contributed by atoms with Crippen molar-refractivity contribution in [3.05, 3.63) is 133 Å². The molecule has 3 nitrogen and oxygen atoms in total. The summed E-state index contributed by atoms with van der Waals surface area (Å²) in [7, 11) is -6.50. The van der Waals surface area contributed by atoms with E-state index < -0.39 is 20.4 Å². The molecule has 0 atom stereocenters. The lowest BCUT2D eigenvalue weighted by Gasteiger charge is -2.34. The molecular formula is C28H23O3S2+. The molecule has 5 aromatic carbocycles. The second-order valence-corrected chi connectivity index (χ2v) is 12.1. The molecule has 0 unspecified atom stereocenters. The largest absolute Gasteiger partial charge is 0.422 e. The summed E-state index contributed by atoms with van der Waals surface area (Å²) in [5.74, 6) is 0. The molecule has 164 valence electrons. The predicted molar refractivity (Wildman–Crippen MR) is 135 cm³/mol. The molecule has 0 fully saturated rings. The molecule has 5 aromatic rings. The maximum atomic E-state index is 14.0. The van der Waals surface area contributed by atoms with E-state index in [1.165, 1.54) is 0 Å². The van der Waals surface area contributed by atoms with E-state index in [1.807, 2.05) is 121 Å². The van der Waals surface area contributed by atoms with Crippen LogP contribution < -0.4 is 0 Å². The lowest BCUT2D eigenvalue weighted by Crippen LogP contribution is -2.19. The minimum Gasteiger partial charge on any atom is -0.258 e. The second-order valence-electron chi connectivity index (χ2n) is 7.55. The van der Waals surface area contributed by atoms with Gasteiger partial charge in [0.1, 0.15) is 0 Å². The van der Waals surface area contributed by atoms with Gasteiger partial charge < -0.3 is 0 Å². The van der Waals surface area contributed by atoms with Crippen LogP contribution in [0.5, 0.6) is 0 Å². The zero-order chi connectivity index (χ0) is 22.7. The third kappa shape index (κ3) is 3.95. The van der Waals surface area contributed by atoms with Crippen molar-refractivity contribution in [2.75, 3.05) is 0 Å². The van der Waals surface area contributed by atoms with Gasteiger partial charge in [0.25, 0.3) is 0 Å². The molecular weight excluding hydrogens is 448 g/mol. The summed E-state index contributed by atoms with van der Waals surface area (Å²) in [6, 6.07) is 42.1. The number of benzene rings is 5. The van der Waals surface area contributed by atoms with Crippen LogP contribution >= 0.6 is 10.3 Å². The van der Waals surface area contributed by atoms with Crippen molar-refractivity contribution in [2.24, 2.45) is 0 Å². The fraction of sp³-hybridized carbons (Fsp3) is 0. The molecule has 0 aliphatic rings. The highest BCUT2D eigenvalue weighted by molar-refractivity contribution is 8.32. The molecule has 0 bridgehead atoms. The van der Waals surface area contributed by atoms with Crippen molar-refractivity contribution in [2.45, 2.75) is 19.6 Å². The molecule has 0 aliphatic carbocycles. The Balaban J connectivity index is 1.80. The van der Waals surface area contributed by atoms with Crippen molar-refractivity contribution in [1.29, 1.82) is 0 Å². The summed E-state index contributed by atoms with van der Waals surface area (Å²) in [6.07, 6.45) is 0. The van der Waals surface area contributed by atoms with Crippen LogP contribution in [-0.4, -0.2) is 12.0 Å². The Labute approximate surface area is 196 Å². The van der Waals surface area contributed by atoms with Gasteiger partial charge in [0, 0.05) is 5.39 Å². The van der Waals surface area contributed by atoms with E-state index in [0.717, 1.165) is 20.1 Å². The molecule has 5 rings (SSSR count). The first-order chi connectivity index (χ1) is 16.1. The molecule has 0 aromatic heterocycles. The van der Waals surface area contributed by atoms with Crippen LogP contribution in [0.4, 0.5) is 0 Å². The van der Waals surface area contributed by atoms with Crippen molar-refractivity contribution < 1.29 is 12.0 Å². The van der Waals surface area contributed by atoms with Crippen LogP contribution in [-0.2, 0) is 10.1 Å². The fourth-order valence-corrected chi connectivity index (χ4v) is 9.71. The van der Waals surface area contributed by atoms with Gasteiger partial charge in [-0.3, -0.25) is 3.63 Å². The van der Waals surface area contributed by atoms with E-state index in [4.69, 9.17) is 3.63 Å². The standard InChI is InChI=1S/C28H22O3S2/c29-33(30,28-22-12-14-23-13-10-11-21-27(23)28)31-32(24-15-4-1-5-16-24,25-17-6-2-7-18-25)26-19-8-3-9-20-26/h1-22H/p+1. The van der Waals surface area contributed by atoms with Gasteiger partial charge in [-0.2, -0.15) is 0 Å². The minimum absolute atomic E-state index is 0.222. The van der Waals surface area contributed by atoms with Gasteiger partial charge in [-0.1, -0.05) is 91.0 Å². The van der Waals surface area contributed by atoms with Gasteiger partial charge in [0.15, 0.2) is 4.90 Å². The summed E-state index contributed by atoms with van der Waals surface area (Å²) in [6.45, 7) is 0.